The SMILES string of the molecule is O=C(NCCCCc1ccccn1)C1CCC(=O)N(CCN2CCOCC2)C1. The van der Waals surface area contributed by atoms with E-state index in [0.29, 0.717) is 32.5 Å². The Hall–Kier alpha value is -1.99. The fourth-order valence-electron chi connectivity index (χ4n) is 3.76. The van der Waals surface area contributed by atoms with E-state index in [1.54, 1.807) is 0 Å². The van der Waals surface area contributed by atoms with Gasteiger partial charge in [-0.25, -0.2) is 0 Å². The van der Waals surface area contributed by atoms with E-state index in [1.165, 1.54) is 0 Å². The van der Waals surface area contributed by atoms with Crippen molar-refractivity contribution in [1.29, 1.82) is 0 Å². The zero-order valence-corrected chi connectivity index (χ0v) is 16.6. The van der Waals surface area contributed by atoms with Crippen LogP contribution in [0.4, 0.5) is 0 Å². The van der Waals surface area contributed by atoms with Gasteiger partial charge in [-0.3, -0.25) is 19.5 Å². The molecule has 1 N–H and O–H groups in total. The zero-order chi connectivity index (χ0) is 19.6. The molecule has 1 aromatic heterocycles. The lowest BCUT2D eigenvalue weighted by Crippen LogP contribution is -2.49. The second-order valence-electron chi connectivity index (χ2n) is 7.60. The molecule has 0 spiro atoms. The molecule has 2 aliphatic heterocycles. The normalized spacial score (nSPS) is 20.9. The lowest BCUT2D eigenvalue weighted by Gasteiger charge is -2.34. The van der Waals surface area contributed by atoms with E-state index in [2.05, 4.69) is 15.2 Å². The molecule has 3 rings (SSSR count). The van der Waals surface area contributed by atoms with Crippen LogP contribution in [0.25, 0.3) is 0 Å². The Balaban J connectivity index is 1.33. The molecule has 1 atom stereocenters. The van der Waals surface area contributed by atoms with E-state index in [1.807, 2.05) is 29.3 Å². The van der Waals surface area contributed by atoms with Crippen LogP contribution in [0.5, 0.6) is 0 Å². The molecule has 0 aliphatic carbocycles. The predicted molar refractivity (Wildman–Crippen MR) is 107 cm³/mol. The Morgan fingerprint density at radius 2 is 2.07 bits per heavy atom. The van der Waals surface area contributed by atoms with Crippen molar-refractivity contribution in [3.05, 3.63) is 30.1 Å². The van der Waals surface area contributed by atoms with Gasteiger partial charge in [-0.1, -0.05) is 6.07 Å². The van der Waals surface area contributed by atoms with Crippen LogP contribution in [0.3, 0.4) is 0 Å². The second-order valence-corrected chi connectivity index (χ2v) is 7.60. The van der Waals surface area contributed by atoms with Crippen molar-refractivity contribution in [2.75, 3.05) is 52.5 Å². The number of ether oxygens (including phenoxy) is 1. The monoisotopic (exact) mass is 388 g/mol. The van der Waals surface area contributed by atoms with Crippen molar-refractivity contribution in [3.63, 3.8) is 0 Å². The minimum Gasteiger partial charge on any atom is -0.379 e. The van der Waals surface area contributed by atoms with Gasteiger partial charge in [-0.05, 0) is 37.8 Å². The molecule has 0 bridgehead atoms. The summed E-state index contributed by atoms with van der Waals surface area (Å²) in [4.78, 5) is 33.2. The molecule has 0 saturated carbocycles. The molecule has 7 heteroatoms. The summed E-state index contributed by atoms with van der Waals surface area (Å²) in [5.41, 5.74) is 1.09. The van der Waals surface area contributed by atoms with Gasteiger partial charge in [-0.15, -0.1) is 0 Å². The summed E-state index contributed by atoms with van der Waals surface area (Å²) in [6.45, 7) is 6.16. The Morgan fingerprint density at radius 1 is 1.21 bits per heavy atom. The highest BCUT2D eigenvalue weighted by Gasteiger charge is 2.30. The Labute approximate surface area is 167 Å². The number of aromatic nitrogens is 1. The van der Waals surface area contributed by atoms with Crippen LogP contribution in [0.2, 0.25) is 0 Å². The standard InChI is InChI=1S/C21H32N4O3/c26-20-8-7-18(17-25(20)12-11-24-13-15-28-16-14-24)21(27)23-10-4-2-6-19-5-1-3-9-22-19/h1,3,5,9,18H,2,4,6-8,10-17H2,(H,23,27). The first-order chi connectivity index (χ1) is 13.7. The summed E-state index contributed by atoms with van der Waals surface area (Å²) in [7, 11) is 0. The minimum atomic E-state index is -0.0850. The molecule has 2 saturated heterocycles. The molecule has 1 aromatic rings. The molecule has 3 heterocycles. The van der Waals surface area contributed by atoms with E-state index < -0.39 is 0 Å². The van der Waals surface area contributed by atoms with Crippen molar-refractivity contribution in [2.24, 2.45) is 5.92 Å². The van der Waals surface area contributed by atoms with E-state index in [0.717, 1.165) is 57.8 Å². The first-order valence-electron chi connectivity index (χ1n) is 10.5. The van der Waals surface area contributed by atoms with E-state index >= 15 is 0 Å². The highest BCUT2D eigenvalue weighted by molar-refractivity contribution is 5.83. The molecular formula is C21H32N4O3. The summed E-state index contributed by atoms with van der Waals surface area (Å²) in [6.07, 6.45) is 5.82. The number of unbranched alkanes of at least 4 members (excludes halogenated alkanes) is 1. The molecule has 28 heavy (non-hydrogen) atoms. The maximum atomic E-state index is 12.5. The average molecular weight is 389 g/mol. The van der Waals surface area contributed by atoms with Gasteiger partial charge < -0.3 is 15.0 Å². The number of hydrogen-bond donors (Lipinski definition) is 1. The molecule has 154 valence electrons. The third kappa shape index (κ3) is 6.56. The number of aryl methyl sites for hydroxylation is 1. The number of morpholine rings is 1. The number of rotatable bonds is 9. The van der Waals surface area contributed by atoms with Gasteiger partial charge in [0.05, 0.1) is 19.1 Å². The average Bonchev–Trinajstić information content (AvgIpc) is 2.74. The van der Waals surface area contributed by atoms with Crippen molar-refractivity contribution in [1.82, 2.24) is 20.1 Å². The summed E-state index contributed by atoms with van der Waals surface area (Å²) in [6, 6.07) is 5.95. The third-order valence-electron chi connectivity index (χ3n) is 5.55. The molecule has 0 aromatic carbocycles. The largest absolute Gasteiger partial charge is 0.379 e. The number of carbonyl (C=O) groups excluding carboxylic acids is 2. The van der Waals surface area contributed by atoms with Gasteiger partial charge in [0.1, 0.15) is 0 Å². The third-order valence-corrected chi connectivity index (χ3v) is 5.55. The smallest absolute Gasteiger partial charge is 0.224 e. The molecule has 1 unspecified atom stereocenters. The van der Waals surface area contributed by atoms with Crippen molar-refractivity contribution in [2.45, 2.75) is 32.1 Å². The molecule has 2 aliphatic rings. The summed E-state index contributed by atoms with van der Waals surface area (Å²) in [5.74, 6) is 0.174. The van der Waals surface area contributed by atoms with Crippen molar-refractivity contribution >= 4 is 11.8 Å². The number of nitrogens with one attached hydrogen (secondary N) is 1. The van der Waals surface area contributed by atoms with Crippen molar-refractivity contribution < 1.29 is 14.3 Å². The molecule has 7 nitrogen and oxygen atoms in total. The molecule has 0 radical (unpaired) electrons. The minimum absolute atomic E-state index is 0.0849. The van der Waals surface area contributed by atoms with E-state index in [-0.39, 0.29) is 17.7 Å². The van der Waals surface area contributed by atoms with Gasteiger partial charge >= 0.3 is 0 Å². The highest BCUT2D eigenvalue weighted by atomic mass is 16.5. The maximum absolute atomic E-state index is 12.5. The zero-order valence-electron chi connectivity index (χ0n) is 16.6. The number of hydrogen-bond acceptors (Lipinski definition) is 5. The predicted octanol–water partition coefficient (Wildman–Crippen LogP) is 1.09. The fraction of sp³-hybridized carbons (Fsp3) is 0.667. The number of amides is 2. The van der Waals surface area contributed by atoms with Gasteiger partial charge in [0, 0.05) is 57.6 Å². The number of likely N-dealkylation sites (tertiary alicyclic amines) is 1. The second kappa shape index (κ2) is 11.1. The first-order valence-corrected chi connectivity index (χ1v) is 10.5. The Morgan fingerprint density at radius 3 is 2.86 bits per heavy atom. The molecule has 2 amide bonds. The fourth-order valence-corrected chi connectivity index (χ4v) is 3.76. The lowest BCUT2D eigenvalue weighted by atomic mass is 9.96. The molecular weight excluding hydrogens is 356 g/mol. The molecule has 2 fully saturated rings. The quantitative estimate of drug-likeness (QED) is 0.641. The van der Waals surface area contributed by atoms with Gasteiger partial charge in [0.2, 0.25) is 11.8 Å². The highest BCUT2D eigenvalue weighted by Crippen LogP contribution is 2.18. The van der Waals surface area contributed by atoms with Crippen LogP contribution < -0.4 is 5.32 Å². The summed E-state index contributed by atoms with van der Waals surface area (Å²) in [5, 5.41) is 3.06. The number of piperidine rings is 1. The van der Waals surface area contributed by atoms with E-state index in [4.69, 9.17) is 4.74 Å². The van der Waals surface area contributed by atoms with Gasteiger partial charge in [-0.2, -0.15) is 0 Å². The lowest BCUT2D eigenvalue weighted by molar-refractivity contribution is -0.138. The van der Waals surface area contributed by atoms with Crippen LogP contribution in [-0.4, -0.2) is 79.1 Å². The summed E-state index contributed by atoms with van der Waals surface area (Å²) >= 11 is 0. The number of nitrogens with zero attached hydrogens (tertiary/aromatic N) is 3. The Kier molecular flexibility index (Phi) is 8.23. The van der Waals surface area contributed by atoms with Crippen LogP contribution in [0, 0.1) is 5.92 Å². The number of carbonyl (C=O) groups is 2. The van der Waals surface area contributed by atoms with Crippen LogP contribution >= 0.6 is 0 Å². The van der Waals surface area contributed by atoms with Crippen LogP contribution in [0.1, 0.15) is 31.4 Å². The van der Waals surface area contributed by atoms with Gasteiger partial charge in [0.25, 0.3) is 0 Å². The topological polar surface area (TPSA) is 74.8 Å². The van der Waals surface area contributed by atoms with Gasteiger partial charge in [0.15, 0.2) is 0 Å². The van der Waals surface area contributed by atoms with Crippen LogP contribution in [0.15, 0.2) is 24.4 Å². The van der Waals surface area contributed by atoms with E-state index in [9.17, 15) is 9.59 Å². The van der Waals surface area contributed by atoms with Crippen molar-refractivity contribution in [3.8, 4) is 0 Å². The summed E-state index contributed by atoms with van der Waals surface area (Å²) < 4.78 is 5.36. The first kappa shape index (κ1) is 20.7. The Bertz CT molecular complexity index is 619. The maximum Gasteiger partial charge on any atom is 0.224 e. The van der Waals surface area contributed by atoms with Crippen LogP contribution in [-0.2, 0) is 20.7 Å². The number of pyridine rings is 1.